The number of Topliss-reactive ketones (excluding diaryl/α,β-unsaturated/α-hetero) is 1. The summed E-state index contributed by atoms with van der Waals surface area (Å²) in [6.07, 6.45) is 4.09. The molecule has 0 N–H and O–H groups in total. The Bertz CT molecular complexity index is 479. The molecule has 0 saturated carbocycles. The Morgan fingerprint density at radius 3 is 2.61 bits per heavy atom. The quantitative estimate of drug-likeness (QED) is 0.817. The van der Waals surface area contributed by atoms with Gasteiger partial charge in [-0.15, -0.1) is 0 Å². The number of aryl methyl sites for hydroxylation is 2. The Labute approximate surface area is 108 Å². The van der Waals surface area contributed by atoms with Crippen molar-refractivity contribution in [3.63, 3.8) is 0 Å². The predicted molar refractivity (Wildman–Crippen MR) is 71.8 cm³/mol. The number of ketones is 1. The lowest BCUT2D eigenvalue weighted by molar-refractivity contribution is -0.122. The zero-order valence-corrected chi connectivity index (χ0v) is 11.0. The number of amides is 1. The van der Waals surface area contributed by atoms with Crippen LogP contribution in [-0.4, -0.2) is 18.7 Å². The van der Waals surface area contributed by atoms with E-state index in [2.05, 4.69) is 12.1 Å². The van der Waals surface area contributed by atoms with Crippen LogP contribution in [-0.2, 0) is 22.4 Å². The number of carbonyl (C=O) groups is 2. The first-order valence-corrected chi connectivity index (χ1v) is 6.45. The topological polar surface area (TPSA) is 37.4 Å². The molecule has 2 rings (SSSR count). The molecule has 0 unspecified atom stereocenters. The summed E-state index contributed by atoms with van der Waals surface area (Å²) >= 11 is 0. The van der Waals surface area contributed by atoms with Gasteiger partial charge in [-0.05, 0) is 49.4 Å². The van der Waals surface area contributed by atoms with Gasteiger partial charge in [-0.2, -0.15) is 0 Å². The van der Waals surface area contributed by atoms with E-state index in [-0.39, 0.29) is 11.7 Å². The molecule has 1 aromatic carbocycles. The molecule has 1 aliphatic rings. The number of hydrogen-bond donors (Lipinski definition) is 0. The first kappa shape index (κ1) is 12.8. The molecule has 0 heterocycles. The SMILES string of the molecule is CC(=O)CCC(=O)N(C)c1ccc2c(c1)CCC2. The number of rotatable bonds is 4. The number of fused-ring (bicyclic) bond motifs is 1. The zero-order chi connectivity index (χ0) is 13.1. The smallest absolute Gasteiger partial charge is 0.227 e. The molecule has 0 aromatic heterocycles. The number of hydrogen-bond acceptors (Lipinski definition) is 2. The Balaban J connectivity index is 2.06. The van der Waals surface area contributed by atoms with Crippen LogP contribution >= 0.6 is 0 Å². The summed E-state index contributed by atoms with van der Waals surface area (Å²) in [5, 5.41) is 0. The van der Waals surface area contributed by atoms with Crippen LogP contribution in [0.5, 0.6) is 0 Å². The number of anilines is 1. The lowest BCUT2D eigenvalue weighted by Gasteiger charge is -2.18. The minimum atomic E-state index is 0.00291. The molecular formula is C15H19NO2. The van der Waals surface area contributed by atoms with Crippen molar-refractivity contribution >= 4 is 17.4 Å². The van der Waals surface area contributed by atoms with Crippen LogP contribution < -0.4 is 4.90 Å². The molecule has 1 amide bonds. The van der Waals surface area contributed by atoms with Crippen molar-refractivity contribution in [1.29, 1.82) is 0 Å². The molecule has 0 aliphatic heterocycles. The zero-order valence-electron chi connectivity index (χ0n) is 11.0. The highest BCUT2D eigenvalue weighted by atomic mass is 16.2. The van der Waals surface area contributed by atoms with Crippen LogP contribution in [0.3, 0.4) is 0 Å². The second-order valence-electron chi connectivity index (χ2n) is 4.96. The summed E-state index contributed by atoms with van der Waals surface area (Å²) in [4.78, 5) is 24.5. The van der Waals surface area contributed by atoms with E-state index in [1.54, 1.807) is 11.9 Å². The van der Waals surface area contributed by atoms with Crippen molar-refractivity contribution < 1.29 is 9.59 Å². The van der Waals surface area contributed by atoms with E-state index < -0.39 is 0 Å². The van der Waals surface area contributed by atoms with Gasteiger partial charge in [-0.1, -0.05) is 6.07 Å². The number of nitrogens with zero attached hydrogens (tertiary/aromatic N) is 1. The normalized spacial score (nSPS) is 13.2. The molecule has 3 heteroatoms. The molecular weight excluding hydrogens is 226 g/mol. The second kappa shape index (κ2) is 5.34. The Morgan fingerprint density at radius 2 is 1.89 bits per heavy atom. The molecule has 3 nitrogen and oxygen atoms in total. The first-order chi connectivity index (χ1) is 8.58. The van der Waals surface area contributed by atoms with Gasteiger partial charge in [0.15, 0.2) is 0 Å². The van der Waals surface area contributed by atoms with Gasteiger partial charge in [0.25, 0.3) is 0 Å². The lowest BCUT2D eigenvalue weighted by atomic mass is 10.1. The van der Waals surface area contributed by atoms with Gasteiger partial charge in [0, 0.05) is 25.6 Å². The van der Waals surface area contributed by atoms with Gasteiger partial charge in [-0.25, -0.2) is 0 Å². The minimum absolute atomic E-state index is 0.00291. The average Bonchev–Trinajstić information content (AvgIpc) is 2.81. The van der Waals surface area contributed by atoms with E-state index in [0.717, 1.165) is 18.5 Å². The highest BCUT2D eigenvalue weighted by molar-refractivity contribution is 5.95. The summed E-state index contributed by atoms with van der Waals surface area (Å²) in [6, 6.07) is 6.22. The van der Waals surface area contributed by atoms with E-state index in [0.29, 0.717) is 12.8 Å². The van der Waals surface area contributed by atoms with Crippen molar-refractivity contribution in [2.45, 2.75) is 39.0 Å². The fourth-order valence-electron chi connectivity index (χ4n) is 2.36. The molecule has 18 heavy (non-hydrogen) atoms. The summed E-state index contributed by atoms with van der Waals surface area (Å²) in [5.74, 6) is 0.0638. The van der Waals surface area contributed by atoms with Gasteiger partial charge < -0.3 is 9.69 Å². The molecule has 1 aliphatic carbocycles. The molecule has 0 saturated heterocycles. The van der Waals surface area contributed by atoms with Crippen molar-refractivity contribution in [3.8, 4) is 0 Å². The second-order valence-corrected chi connectivity index (χ2v) is 4.96. The fraction of sp³-hybridized carbons (Fsp3) is 0.467. The number of carbonyl (C=O) groups excluding carboxylic acids is 2. The molecule has 0 atom stereocenters. The van der Waals surface area contributed by atoms with Gasteiger partial charge >= 0.3 is 0 Å². The minimum Gasteiger partial charge on any atom is -0.315 e. The van der Waals surface area contributed by atoms with Crippen molar-refractivity contribution in [2.75, 3.05) is 11.9 Å². The molecule has 0 radical (unpaired) electrons. The third-order valence-corrected chi connectivity index (χ3v) is 3.53. The van der Waals surface area contributed by atoms with Gasteiger partial charge in [0.1, 0.15) is 5.78 Å². The summed E-state index contributed by atoms with van der Waals surface area (Å²) in [6.45, 7) is 1.52. The monoisotopic (exact) mass is 245 g/mol. The molecule has 96 valence electrons. The van der Waals surface area contributed by atoms with Crippen LogP contribution in [0, 0.1) is 0 Å². The fourth-order valence-corrected chi connectivity index (χ4v) is 2.36. The molecule has 0 spiro atoms. The Kier molecular flexibility index (Phi) is 3.80. The maximum Gasteiger partial charge on any atom is 0.227 e. The van der Waals surface area contributed by atoms with Crippen LogP contribution in [0.1, 0.15) is 37.3 Å². The van der Waals surface area contributed by atoms with Gasteiger partial charge in [0.05, 0.1) is 0 Å². The van der Waals surface area contributed by atoms with E-state index in [1.807, 2.05) is 6.07 Å². The van der Waals surface area contributed by atoms with Gasteiger partial charge in [-0.3, -0.25) is 4.79 Å². The molecule has 1 aromatic rings. The summed E-state index contributed by atoms with van der Waals surface area (Å²) < 4.78 is 0. The third kappa shape index (κ3) is 2.78. The summed E-state index contributed by atoms with van der Waals surface area (Å²) in [5.41, 5.74) is 3.70. The van der Waals surface area contributed by atoms with E-state index >= 15 is 0 Å². The van der Waals surface area contributed by atoms with E-state index in [1.165, 1.54) is 24.5 Å². The standard InChI is InChI=1S/C15H19NO2/c1-11(17)6-9-15(18)16(2)14-8-7-12-4-3-5-13(12)10-14/h7-8,10H,3-6,9H2,1-2H3. The maximum atomic E-state index is 11.9. The first-order valence-electron chi connectivity index (χ1n) is 6.45. The highest BCUT2D eigenvalue weighted by Gasteiger charge is 2.15. The van der Waals surface area contributed by atoms with Crippen molar-refractivity contribution in [2.24, 2.45) is 0 Å². The van der Waals surface area contributed by atoms with E-state index in [4.69, 9.17) is 0 Å². The number of benzene rings is 1. The Morgan fingerprint density at radius 1 is 1.17 bits per heavy atom. The van der Waals surface area contributed by atoms with Crippen LogP contribution in [0.15, 0.2) is 18.2 Å². The maximum absolute atomic E-state index is 11.9. The molecule has 0 bridgehead atoms. The van der Waals surface area contributed by atoms with Crippen LogP contribution in [0.2, 0.25) is 0 Å². The van der Waals surface area contributed by atoms with Gasteiger partial charge in [0.2, 0.25) is 5.91 Å². The predicted octanol–water partition coefficient (Wildman–Crippen LogP) is 2.51. The lowest BCUT2D eigenvalue weighted by Crippen LogP contribution is -2.26. The van der Waals surface area contributed by atoms with Crippen LogP contribution in [0.25, 0.3) is 0 Å². The largest absolute Gasteiger partial charge is 0.315 e. The van der Waals surface area contributed by atoms with Crippen LogP contribution in [0.4, 0.5) is 5.69 Å². The van der Waals surface area contributed by atoms with Crippen molar-refractivity contribution in [1.82, 2.24) is 0 Å². The highest BCUT2D eigenvalue weighted by Crippen LogP contribution is 2.26. The van der Waals surface area contributed by atoms with Crippen molar-refractivity contribution in [3.05, 3.63) is 29.3 Å². The van der Waals surface area contributed by atoms with E-state index in [9.17, 15) is 9.59 Å². The molecule has 0 fully saturated rings. The Hall–Kier alpha value is -1.64. The average molecular weight is 245 g/mol. The summed E-state index contributed by atoms with van der Waals surface area (Å²) in [7, 11) is 1.78. The third-order valence-electron chi connectivity index (χ3n) is 3.53.